The molecule has 4 aromatic rings. The first kappa shape index (κ1) is 36.1. The standard InChI is InChI=1S/C31H26F7N5O6S/c1-41-26(24-21(32)14-19(48-2)15-22(24)33)25(40-28(44)17-4-6-18(7-5-17)49-30(34)35)29(45)43(41)27-20(31(36,37)38)8-9-23(39-27)16-10-12-42(13-11-16)50(3,46)47/h4-10,14-15,30H,11-13H2,1-3H3,(H,40,44). The zero-order chi connectivity index (χ0) is 36.7. The summed E-state index contributed by atoms with van der Waals surface area (Å²) < 4.78 is 135. The highest BCUT2D eigenvalue weighted by Gasteiger charge is 2.38. The molecule has 2 aromatic heterocycles. The number of benzene rings is 2. The van der Waals surface area contributed by atoms with Crippen molar-refractivity contribution in [2.24, 2.45) is 7.05 Å². The van der Waals surface area contributed by atoms with Crippen LogP contribution in [0.1, 0.15) is 28.0 Å². The summed E-state index contributed by atoms with van der Waals surface area (Å²) in [4.78, 5) is 31.5. The molecule has 1 aliphatic rings. The van der Waals surface area contributed by atoms with Crippen molar-refractivity contribution in [1.82, 2.24) is 18.7 Å². The van der Waals surface area contributed by atoms with Crippen LogP contribution in [0.25, 0.3) is 22.6 Å². The number of alkyl halides is 5. The number of sulfonamides is 1. The summed E-state index contributed by atoms with van der Waals surface area (Å²) in [5.74, 6) is -5.31. The highest BCUT2D eigenvalue weighted by atomic mass is 32.2. The van der Waals surface area contributed by atoms with Crippen LogP contribution in [0.4, 0.5) is 36.4 Å². The number of nitrogens with one attached hydrogen (secondary N) is 1. The van der Waals surface area contributed by atoms with Crippen LogP contribution in [0.3, 0.4) is 0 Å². The normalized spacial score (nSPS) is 14.1. The van der Waals surface area contributed by atoms with Gasteiger partial charge in [-0.1, -0.05) is 6.08 Å². The van der Waals surface area contributed by atoms with Crippen molar-refractivity contribution in [2.45, 2.75) is 19.2 Å². The second-order valence-electron chi connectivity index (χ2n) is 10.9. The van der Waals surface area contributed by atoms with Gasteiger partial charge in [-0.3, -0.25) is 14.3 Å². The molecule has 19 heteroatoms. The second-order valence-corrected chi connectivity index (χ2v) is 12.8. The number of hydrogen-bond donors (Lipinski definition) is 1. The van der Waals surface area contributed by atoms with E-state index in [1.807, 2.05) is 0 Å². The van der Waals surface area contributed by atoms with E-state index in [1.54, 1.807) is 0 Å². The van der Waals surface area contributed by atoms with E-state index in [4.69, 9.17) is 4.74 Å². The number of aromatic nitrogens is 3. The summed E-state index contributed by atoms with van der Waals surface area (Å²) in [6.07, 6.45) is -2.60. The number of anilines is 1. The van der Waals surface area contributed by atoms with Crippen LogP contribution in [0.2, 0.25) is 0 Å². The van der Waals surface area contributed by atoms with Gasteiger partial charge in [0.25, 0.3) is 11.5 Å². The van der Waals surface area contributed by atoms with Crippen molar-refractivity contribution in [1.29, 1.82) is 0 Å². The van der Waals surface area contributed by atoms with E-state index in [1.165, 1.54) is 6.08 Å². The van der Waals surface area contributed by atoms with Crippen molar-refractivity contribution >= 4 is 27.2 Å². The molecular weight excluding hydrogens is 703 g/mol. The number of ether oxygens (including phenoxy) is 2. The quantitative estimate of drug-likeness (QED) is 0.228. The number of nitrogens with zero attached hydrogens (tertiary/aromatic N) is 4. The second kappa shape index (κ2) is 13.6. The summed E-state index contributed by atoms with van der Waals surface area (Å²) >= 11 is 0. The molecule has 0 unspecified atom stereocenters. The van der Waals surface area contributed by atoms with Gasteiger partial charge in [0.15, 0.2) is 5.82 Å². The average molecular weight is 730 g/mol. The molecule has 1 N–H and O–H groups in total. The van der Waals surface area contributed by atoms with E-state index < -0.39 is 74.2 Å². The molecule has 266 valence electrons. The molecule has 0 bridgehead atoms. The van der Waals surface area contributed by atoms with Crippen LogP contribution in [0.15, 0.2) is 59.4 Å². The van der Waals surface area contributed by atoms with Gasteiger partial charge in [0.05, 0.1) is 24.6 Å². The summed E-state index contributed by atoms with van der Waals surface area (Å²) in [5, 5.41) is 2.19. The number of pyridine rings is 1. The van der Waals surface area contributed by atoms with E-state index >= 15 is 8.78 Å². The van der Waals surface area contributed by atoms with Crippen molar-refractivity contribution in [3.63, 3.8) is 0 Å². The highest BCUT2D eigenvalue weighted by Crippen LogP contribution is 2.38. The number of rotatable bonds is 9. The molecule has 2 aromatic carbocycles. The minimum Gasteiger partial charge on any atom is -0.497 e. The number of halogens is 7. The maximum atomic E-state index is 15.5. The highest BCUT2D eigenvalue weighted by molar-refractivity contribution is 7.88. The Kier molecular flexibility index (Phi) is 9.84. The van der Waals surface area contributed by atoms with Gasteiger partial charge in [0.1, 0.15) is 40.1 Å². The lowest BCUT2D eigenvalue weighted by Gasteiger charge is -2.24. The van der Waals surface area contributed by atoms with Gasteiger partial charge >= 0.3 is 12.8 Å². The lowest BCUT2D eigenvalue weighted by molar-refractivity contribution is -0.137. The number of carbonyl (C=O) groups excluding carboxylic acids is 1. The molecule has 0 spiro atoms. The molecule has 0 atom stereocenters. The first-order valence-corrected chi connectivity index (χ1v) is 16.2. The Morgan fingerprint density at radius 1 is 1.02 bits per heavy atom. The fraction of sp³-hybridized carbons (Fsp3) is 0.258. The van der Waals surface area contributed by atoms with E-state index in [9.17, 15) is 40.0 Å². The molecule has 50 heavy (non-hydrogen) atoms. The fourth-order valence-electron chi connectivity index (χ4n) is 5.30. The van der Waals surface area contributed by atoms with Gasteiger partial charge < -0.3 is 14.8 Å². The third kappa shape index (κ3) is 7.23. The Hall–Kier alpha value is -5.17. The molecule has 0 aliphatic carbocycles. The van der Waals surface area contributed by atoms with Crippen LogP contribution in [0, 0.1) is 11.6 Å². The molecular formula is C31H26F7N5O6S. The van der Waals surface area contributed by atoms with Crippen LogP contribution in [0.5, 0.6) is 11.5 Å². The van der Waals surface area contributed by atoms with Gasteiger partial charge in [0.2, 0.25) is 10.0 Å². The SMILES string of the molecule is COc1cc(F)c(-c2c(NC(=O)c3ccc(OC(F)F)cc3)c(=O)n(-c3nc(C4=CCN(S(C)(=O)=O)CC4)ccc3C(F)(F)F)n2C)c(F)c1. The third-order valence-electron chi connectivity index (χ3n) is 7.69. The molecule has 1 amide bonds. The molecule has 11 nitrogen and oxygen atoms in total. The Balaban J connectivity index is 1.72. The van der Waals surface area contributed by atoms with Crippen LogP contribution >= 0.6 is 0 Å². The molecule has 0 fully saturated rings. The molecule has 0 radical (unpaired) electrons. The average Bonchev–Trinajstić information content (AvgIpc) is 3.27. The maximum Gasteiger partial charge on any atom is 0.420 e. The van der Waals surface area contributed by atoms with Crippen molar-refractivity contribution in [3.8, 4) is 28.6 Å². The summed E-state index contributed by atoms with van der Waals surface area (Å²) in [6.45, 7) is -3.26. The van der Waals surface area contributed by atoms with E-state index in [2.05, 4.69) is 15.0 Å². The Morgan fingerprint density at radius 3 is 2.18 bits per heavy atom. The van der Waals surface area contributed by atoms with Crippen LogP contribution in [-0.2, 0) is 23.2 Å². The van der Waals surface area contributed by atoms with E-state index in [0.717, 1.165) is 67.2 Å². The van der Waals surface area contributed by atoms with E-state index in [0.29, 0.717) is 21.0 Å². The monoisotopic (exact) mass is 729 g/mol. The summed E-state index contributed by atoms with van der Waals surface area (Å²) in [6, 6.07) is 7.29. The minimum absolute atomic E-state index is 0.00159. The molecule has 1 aliphatic heterocycles. The maximum absolute atomic E-state index is 15.5. The van der Waals surface area contributed by atoms with Crippen molar-refractivity contribution < 1.29 is 53.4 Å². The Morgan fingerprint density at radius 2 is 1.66 bits per heavy atom. The summed E-state index contributed by atoms with van der Waals surface area (Å²) in [7, 11) is -1.42. The van der Waals surface area contributed by atoms with Gasteiger partial charge in [0, 0.05) is 37.8 Å². The Labute approximate surface area is 279 Å². The lowest BCUT2D eigenvalue weighted by atomic mass is 10.0. The Bertz CT molecular complexity index is 2140. The molecule has 0 saturated heterocycles. The smallest absolute Gasteiger partial charge is 0.420 e. The minimum atomic E-state index is -5.11. The first-order valence-electron chi connectivity index (χ1n) is 14.4. The van der Waals surface area contributed by atoms with Crippen LogP contribution in [-0.4, -0.2) is 66.0 Å². The van der Waals surface area contributed by atoms with Gasteiger partial charge in [-0.2, -0.15) is 30.9 Å². The third-order valence-corrected chi connectivity index (χ3v) is 8.96. The topological polar surface area (TPSA) is 125 Å². The number of amides is 1. The van der Waals surface area contributed by atoms with Crippen molar-refractivity contribution in [3.05, 3.63) is 93.4 Å². The van der Waals surface area contributed by atoms with Gasteiger partial charge in [-0.05, 0) is 48.4 Å². The molecule has 0 saturated carbocycles. The van der Waals surface area contributed by atoms with Gasteiger partial charge in [-0.25, -0.2) is 22.2 Å². The number of hydrogen-bond acceptors (Lipinski definition) is 7. The lowest BCUT2D eigenvalue weighted by Crippen LogP contribution is -2.33. The predicted molar refractivity (Wildman–Crippen MR) is 166 cm³/mol. The fourth-order valence-corrected chi connectivity index (χ4v) is 6.07. The largest absolute Gasteiger partial charge is 0.497 e. The molecule has 3 heterocycles. The zero-order valence-electron chi connectivity index (χ0n) is 26.2. The van der Waals surface area contributed by atoms with Crippen molar-refractivity contribution in [2.75, 3.05) is 31.8 Å². The number of methoxy groups -OCH3 is 1. The van der Waals surface area contributed by atoms with E-state index in [-0.39, 0.29) is 42.3 Å². The van der Waals surface area contributed by atoms with Gasteiger partial charge in [-0.15, -0.1) is 0 Å². The first-order chi connectivity index (χ1) is 23.4. The number of carbonyl (C=O) groups is 1. The molecule has 5 rings (SSSR count). The van der Waals surface area contributed by atoms with Crippen LogP contribution < -0.4 is 20.3 Å². The predicted octanol–water partition coefficient (Wildman–Crippen LogP) is 5.45. The zero-order valence-corrected chi connectivity index (χ0v) is 27.0. The summed E-state index contributed by atoms with van der Waals surface area (Å²) in [5.41, 5.74) is -5.19.